The molecule has 3 heterocycles. The number of carbonyl (C=O) groups is 2. The lowest BCUT2D eigenvalue weighted by atomic mass is 10.0. The summed E-state index contributed by atoms with van der Waals surface area (Å²) in [5, 5.41) is 7.97. The normalized spacial score (nSPS) is 18.1. The lowest BCUT2D eigenvalue weighted by Gasteiger charge is -2.19. The molecule has 204 valence electrons. The monoisotopic (exact) mass is 567 g/mol. The molecule has 0 unspecified atom stereocenters. The molecule has 1 N–H and O–H groups in total. The van der Waals surface area contributed by atoms with Crippen molar-refractivity contribution in [3.63, 3.8) is 0 Å². The molecule has 5 rings (SSSR count). The number of nitrogens with zero attached hydrogens (tertiary/aromatic N) is 4. The number of benzene rings is 2. The molecule has 2 aliphatic heterocycles. The molecule has 1 fully saturated rings. The van der Waals surface area contributed by atoms with E-state index in [2.05, 4.69) is 15.4 Å². The largest absolute Gasteiger partial charge is 0.416 e. The van der Waals surface area contributed by atoms with E-state index >= 15 is 0 Å². The topological polar surface area (TPSA) is 79.6 Å². The predicted molar refractivity (Wildman–Crippen MR) is 132 cm³/mol. The minimum atomic E-state index is -4.98. The van der Waals surface area contributed by atoms with Gasteiger partial charge in [0.15, 0.2) is 5.17 Å². The number of amidine groups is 1. The van der Waals surface area contributed by atoms with Crippen molar-refractivity contribution in [3.05, 3.63) is 69.8 Å². The Bertz CT molecular complexity index is 1530. The number of alkyl halides is 6. The summed E-state index contributed by atoms with van der Waals surface area (Å²) in [6, 6.07) is 6.51. The number of hydrogen-bond donors (Lipinski definition) is 1. The fraction of sp³-hybridized carbons (Fsp3) is 0.280. The van der Waals surface area contributed by atoms with Gasteiger partial charge in [-0.15, -0.1) is 0 Å². The lowest BCUT2D eigenvalue weighted by Crippen LogP contribution is -2.31. The van der Waals surface area contributed by atoms with E-state index in [1.807, 2.05) is 4.90 Å². The average molecular weight is 568 g/mol. The molecular weight excluding hydrogens is 548 g/mol. The van der Waals surface area contributed by atoms with E-state index in [0.717, 1.165) is 6.07 Å². The van der Waals surface area contributed by atoms with Gasteiger partial charge in [-0.1, -0.05) is 12.1 Å². The van der Waals surface area contributed by atoms with Crippen LogP contribution in [0.15, 0.2) is 52.5 Å². The summed E-state index contributed by atoms with van der Waals surface area (Å²) in [5.41, 5.74) is -2.01. The fourth-order valence-corrected chi connectivity index (χ4v) is 5.25. The Kier molecular flexibility index (Phi) is 6.91. The number of aromatic nitrogens is 2. The first-order chi connectivity index (χ1) is 18.4. The minimum Gasteiger partial charge on any atom is -0.354 e. The van der Waals surface area contributed by atoms with Gasteiger partial charge < -0.3 is 10.2 Å². The second-order valence-electron chi connectivity index (χ2n) is 8.89. The first kappa shape index (κ1) is 26.8. The Balaban J connectivity index is 1.37. The van der Waals surface area contributed by atoms with Gasteiger partial charge in [0, 0.05) is 31.4 Å². The molecule has 0 radical (unpaired) electrons. The Morgan fingerprint density at radius 1 is 1.00 bits per heavy atom. The molecule has 7 nitrogen and oxygen atoms in total. The summed E-state index contributed by atoms with van der Waals surface area (Å²) in [5.74, 6) is -0.485. The molecule has 0 aliphatic carbocycles. The van der Waals surface area contributed by atoms with Gasteiger partial charge in [0.05, 0.1) is 34.3 Å². The Labute approximate surface area is 221 Å². The SMILES string of the molecule is O=C1CCN(C2=NC(=O)/C(=C/c3ccc4c(cnn4Cc4ccc(C(F)(F)F)cc4C(F)(F)F)c3)S2)CCN1. The number of halogens is 6. The van der Waals surface area contributed by atoms with Gasteiger partial charge in [0.25, 0.3) is 5.91 Å². The zero-order valence-corrected chi connectivity index (χ0v) is 20.8. The molecular formula is C25H19F6N5O2S. The molecule has 39 heavy (non-hydrogen) atoms. The number of aliphatic imine (C=N–C) groups is 1. The van der Waals surface area contributed by atoms with Crippen LogP contribution < -0.4 is 5.32 Å². The van der Waals surface area contributed by atoms with E-state index < -0.39 is 35.9 Å². The van der Waals surface area contributed by atoms with Gasteiger partial charge in [-0.05, 0) is 53.2 Å². The quantitative estimate of drug-likeness (QED) is 0.359. The van der Waals surface area contributed by atoms with Gasteiger partial charge in [-0.2, -0.15) is 36.4 Å². The standard InChI is InChI=1S/C25H19F6N5O2S/c26-24(27,28)17-3-2-15(18(11-17)25(29,30)31)13-36-19-4-1-14(9-16(19)12-33-36)10-20-22(38)34-23(39-20)35-7-5-21(37)32-6-8-35/h1-4,9-12H,5-8,13H2,(H,32,37)/b20-10-. The van der Waals surface area contributed by atoms with Crippen molar-refractivity contribution in [2.45, 2.75) is 25.3 Å². The molecule has 14 heteroatoms. The highest BCUT2D eigenvalue weighted by atomic mass is 32.2. The molecule has 3 aromatic rings. The van der Waals surface area contributed by atoms with Crippen molar-refractivity contribution in [2.24, 2.45) is 4.99 Å². The van der Waals surface area contributed by atoms with E-state index in [0.29, 0.717) is 58.7 Å². The zero-order valence-electron chi connectivity index (χ0n) is 19.9. The molecule has 0 spiro atoms. The second-order valence-corrected chi connectivity index (χ2v) is 9.89. The van der Waals surface area contributed by atoms with Crippen molar-refractivity contribution in [2.75, 3.05) is 19.6 Å². The Morgan fingerprint density at radius 2 is 1.79 bits per heavy atom. The van der Waals surface area contributed by atoms with Gasteiger partial charge in [0.2, 0.25) is 5.91 Å². The first-order valence-corrected chi connectivity index (χ1v) is 12.5. The van der Waals surface area contributed by atoms with Crippen LogP contribution in [0.25, 0.3) is 17.0 Å². The van der Waals surface area contributed by atoms with Crippen molar-refractivity contribution in [1.82, 2.24) is 20.0 Å². The second kappa shape index (κ2) is 10.1. The van der Waals surface area contributed by atoms with E-state index in [1.54, 1.807) is 24.3 Å². The fourth-order valence-electron chi connectivity index (χ4n) is 4.28. The number of hydrogen-bond acceptors (Lipinski definition) is 5. The Morgan fingerprint density at radius 3 is 2.54 bits per heavy atom. The smallest absolute Gasteiger partial charge is 0.354 e. The average Bonchev–Trinajstić information content (AvgIpc) is 3.34. The molecule has 2 aromatic carbocycles. The highest BCUT2D eigenvalue weighted by molar-refractivity contribution is 8.18. The molecule has 0 atom stereocenters. The van der Waals surface area contributed by atoms with Gasteiger partial charge in [0.1, 0.15) is 0 Å². The van der Waals surface area contributed by atoms with Crippen LogP contribution in [-0.4, -0.2) is 51.3 Å². The summed E-state index contributed by atoms with van der Waals surface area (Å²) >= 11 is 1.19. The van der Waals surface area contributed by atoms with Crippen LogP contribution in [0.2, 0.25) is 0 Å². The highest BCUT2D eigenvalue weighted by Gasteiger charge is 2.38. The third-order valence-corrected chi connectivity index (χ3v) is 7.26. The van der Waals surface area contributed by atoms with Crippen LogP contribution >= 0.6 is 11.8 Å². The van der Waals surface area contributed by atoms with Crippen molar-refractivity contribution in [1.29, 1.82) is 0 Å². The van der Waals surface area contributed by atoms with Crippen LogP contribution in [-0.2, 0) is 28.5 Å². The van der Waals surface area contributed by atoms with Crippen LogP contribution in [0.3, 0.4) is 0 Å². The zero-order chi connectivity index (χ0) is 27.9. The van der Waals surface area contributed by atoms with E-state index in [-0.39, 0.29) is 17.5 Å². The van der Waals surface area contributed by atoms with Crippen molar-refractivity contribution >= 4 is 45.7 Å². The number of carbonyl (C=O) groups excluding carboxylic acids is 2. The number of fused-ring (bicyclic) bond motifs is 1. The van der Waals surface area contributed by atoms with Gasteiger partial charge in [-0.25, -0.2) is 0 Å². The lowest BCUT2D eigenvalue weighted by molar-refractivity contribution is -0.143. The predicted octanol–water partition coefficient (Wildman–Crippen LogP) is 4.91. The summed E-state index contributed by atoms with van der Waals surface area (Å²) in [6.45, 7) is 1.02. The number of amides is 2. The maximum Gasteiger partial charge on any atom is 0.416 e. The van der Waals surface area contributed by atoms with Crippen LogP contribution in [0.4, 0.5) is 26.3 Å². The maximum absolute atomic E-state index is 13.6. The van der Waals surface area contributed by atoms with Crippen LogP contribution in [0.1, 0.15) is 28.7 Å². The summed E-state index contributed by atoms with van der Waals surface area (Å²) in [6.07, 6.45) is -6.52. The Hall–Kier alpha value is -3.81. The molecule has 1 saturated heterocycles. The maximum atomic E-state index is 13.6. The molecule has 0 bridgehead atoms. The van der Waals surface area contributed by atoms with E-state index in [4.69, 9.17) is 0 Å². The van der Waals surface area contributed by atoms with Gasteiger partial charge >= 0.3 is 12.4 Å². The first-order valence-electron chi connectivity index (χ1n) is 11.7. The highest BCUT2D eigenvalue weighted by Crippen LogP contribution is 2.38. The summed E-state index contributed by atoms with van der Waals surface area (Å²) in [7, 11) is 0. The molecule has 2 aliphatic rings. The minimum absolute atomic E-state index is 0.0648. The van der Waals surface area contributed by atoms with Crippen LogP contribution in [0, 0.1) is 0 Å². The van der Waals surface area contributed by atoms with E-state index in [9.17, 15) is 35.9 Å². The molecule has 0 saturated carbocycles. The molecule has 2 amide bonds. The van der Waals surface area contributed by atoms with E-state index in [1.165, 1.54) is 22.6 Å². The number of thioether (sulfide) groups is 1. The van der Waals surface area contributed by atoms with Gasteiger partial charge in [-0.3, -0.25) is 14.3 Å². The summed E-state index contributed by atoms with van der Waals surface area (Å²) in [4.78, 5) is 30.4. The molecule has 1 aromatic heterocycles. The van der Waals surface area contributed by atoms with Crippen molar-refractivity contribution < 1.29 is 35.9 Å². The number of nitrogens with one attached hydrogen (secondary N) is 1. The third-order valence-electron chi connectivity index (χ3n) is 6.22. The van der Waals surface area contributed by atoms with Crippen molar-refractivity contribution in [3.8, 4) is 0 Å². The van der Waals surface area contributed by atoms with Crippen LogP contribution in [0.5, 0.6) is 0 Å². The third kappa shape index (κ3) is 5.79. The number of rotatable bonds is 3. The summed E-state index contributed by atoms with van der Waals surface area (Å²) < 4.78 is 80.9.